The van der Waals surface area contributed by atoms with Gasteiger partial charge in [-0.05, 0) is 38.9 Å². The summed E-state index contributed by atoms with van der Waals surface area (Å²) in [4.78, 5) is 39.5. The van der Waals surface area contributed by atoms with Gasteiger partial charge in [-0.3, -0.25) is 14.4 Å². The fraction of sp³-hybridized carbons (Fsp3) is 0.611. The summed E-state index contributed by atoms with van der Waals surface area (Å²) in [5.74, 6) is 0.134. The lowest BCUT2D eigenvalue weighted by Crippen LogP contribution is -2.47. The van der Waals surface area contributed by atoms with Crippen LogP contribution >= 0.6 is 0 Å². The number of H-pyrrole nitrogens is 1. The van der Waals surface area contributed by atoms with Gasteiger partial charge in [0.25, 0.3) is 6.47 Å². The van der Waals surface area contributed by atoms with Crippen LogP contribution in [-0.2, 0) is 20.7 Å². The number of nitrogens with zero attached hydrogens (tertiary/aromatic N) is 2. The normalized spacial score (nSPS) is 14.0. The first-order valence-electron chi connectivity index (χ1n) is 8.09. The summed E-state index contributed by atoms with van der Waals surface area (Å²) in [5, 5.41) is 0. The molecule has 25 heavy (non-hydrogen) atoms. The van der Waals surface area contributed by atoms with Crippen LogP contribution in [0.5, 0.6) is 0 Å². The summed E-state index contributed by atoms with van der Waals surface area (Å²) in [6.45, 7) is 9.94. The Kier molecular flexibility index (Phi) is 10.4. The molecule has 0 aliphatic carbocycles. The molecule has 0 aromatic carbocycles. The molecule has 2 heterocycles. The van der Waals surface area contributed by atoms with E-state index in [4.69, 9.17) is 0 Å². The van der Waals surface area contributed by atoms with Gasteiger partial charge in [0.1, 0.15) is 0 Å². The van der Waals surface area contributed by atoms with E-state index in [9.17, 15) is 14.4 Å². The number of carbonyl (C=O) groups is 3. The van der Waals surface area contributed by atoms with Crippen molar-refractivity contribution in [1.29, 1.82) is 0 Å². The maximum atomic E-state index is 12.2. The molecule has 1 aromatic rings. The average molecular weight is 353 g/mol. The molecule has 0 atom stereocenters. The number of rotatable bonds is 5. The fourth-order valence-electron chi connectivity index (χ4n) is 2.46. The van der Waals surface area contributed by atoms with Gasteiger partial charge in [0, 0.05) is 31.9 Å². The number of aromatic amines is 1. The van der Waals surface area contributed by atoms with Crippen molar-refractivity contribution in [2.75, 3.05) is 39.8 Å². The zero-order valence-electron chi connectivity index (χ0n) is 14.9. The third-order valence-corrected chi connectivity index (χ3v) is 4.24. The molecular formula is C18H31N3O4. The number of aromatic nitrogens is 1. The fourth-order valence-corrected chi connectivity index (χ4v) is 2.46. The van der Waals surface area contributed by atoms with Crippen molar-refractivity contribution < 1.29 is 19.1 Å². The zero-order valence-corrected chi connectivity index (χ0v) is 14.9. The molecule has 0 radical (unpaired) electrons. The second-order valence-corrected chi connectivity index (χ2v) is 5.80. The van der Waals surface area contributed by atoms with Crippen molar-refractivity contribution in [3.63, 3.8) is 0 Å². The highest BCUT2D eigenvalue weighted by Crippen LogP contribution is 2.17. The summed E-state index contributed by atoms with van der Waals surface area (Å²) in [5.41, 5.74) is 3.41. The molecule has 0 spiro atoms. The molecule has 1 N–H and O–H groups in total. The van der Waals surface area contributed by atoms with Gasteiger partial charge in [-0.25, -0.2) is 0 Å². The lowest BCUT2D eigenvalue weighted by molar-refractivity contribution is -0.132. The van der Waals surface area contributed by atoms with Gasteiger partial charge in [-0.2, -0.15) is 0 Å². The molecule has 2 rings (SSSR count). The third-order valence-electron chi connectivity index (χ3n) is 4.24. The number of amides is 1. The number of carbonyl (C=O) groups excluding carboxylic acids is 3. The molecule has 0 saturated carbocycles. The van der Waals surface area contributed by atoms with Crippen LogP contribution in [0.1, 0.15) is 41.7 Å². The van der Waals surface area contributed by atoms with Crippen molar-refractivity contribution >= 4 is 18.7 Å². The van der Waals surface area contributed by atoms with Gasteiger partial charge in [0.05, 0.1) is 18.7 Å². The van der Waals surface area contributed by atoms with Gasteiger partial charge < -0.3 is 19.5 Å². The van der Waals surface area contributed by atoms with Gasteiger partial charge in [0.15, 0.2) is 6.29 Å². The van der Waals surface area contributed by atoms with E-state index in [0.717, 1.165) is 49.3 Å². The average Bonchev–Trinajstić information content (AvgIpc) is 2.84. The van der Waals surface area contributed by atoms with Gasteiger partial charge in [-0.1, -0.05) is 7.43 Å². The van der Waals surface area contributed by atoms with E-state index < -0.39 is 0 Å². The topological polar surface area (TPSA) is 82.7 Å². The maximum absolute atomic E-state index is 12.2. The van der Waals surface area contributed by atoms with E-state index in [0.29, 0.717) is 25.2 Å². The quantitative estimate of drug-likeness (QED) is 0.813. The Hall–Kier alpha value is -2.15. The van der Waals surface area contributed by atoms with Crippen LogP contribution in [0.2, 0.25) is 0 Å². The van der Waals surface area contributed by atoms with E-state index in [1.54, 1.807) is 6.92 Å². The van der Waals surface area contributed by atoms with Crippen LogP contribution in [-0.4, -0.2) is 73.3 Å². The van der Waals surface area contributed by atoms with E-state index in [2.05, 4.69) is 21.7 Å². The summed E-state index contributed by atoms with van der Waals surface area (Å²) < 4.78 is 4.15. The first-order chi connectivity index (χ1) is 11.4. The summed E-state index contributed by atoms with van der Waals surface area (Å²) in [7, 11) is 2.07. The standard InChI is InChI=1S/C14H21N3O2.C3H6O2.CH4/c1-10-11(2)13(9-18)15-12(10)8-14(19)17-6-4-16(3)5-7-17;1-2-5-3-4;/h9,15H,4-8H2,1-3H3;3H,2H2,1H3;1H4. The minimum Gasteiger partial charge on any atom is -0.468 e. The van der Waals surface area contributed by atoms with Crippen molar-refractivity contribution in [2.45, 2.75) is 34.6 Å². The van der Waals surface area contributed by atoms with Crippen LogP contribution in [0.15, 0.2) is 0 Å². The molecular weight excluding hydrogens is 322 g/mol. The second-order valence-electron chi connectivity index (χ2n) is 5.80. The Labute approximate surface area is 150 Å². The summed E-state index contributed by atoms with van der Waals surface area (Å²) >= 11 is 0. The van der Waals surface area contributed by atoms with Crippen LogP contribution < -0.4 is 0 Å². The van der Waals surface area contributed by atoms with E-state index >= 15 is 0 Å². The van der Waals surface area contributed by atoms with Gasteiger partial charge in [-0.15, -0.1) is 0 Å². The van der Waals surface area contributed by atoms with Crippen LogP contribution in [0.3, 0.4) is 0 Å². The predicted molar refractivity (Wildman–Crippen MR) is 97.9 cm³/mol. The summed E-state index contributed by atoms with van der Waals surface area (Å²) in [6, 6.07) is 0. The van der Waals surface area contributed by atoms with E-state index in [1.807, 2.05) is 18.7 Å². The monoisotopic (exact) mass is 353 g/mol. The first-order valence-corrected chi connectivity index (χ1v) is 8.09. The minimum absolute atomic E-state index is 0. The molecule has 7 heteroatoms. The number of likely N-dealkylation sites (N-methyl/N-ethyl adjacent to an activating group) is 1. The molecule has 1 amide bonds. The van der Waals surface area contributed by atoms with Crippen LogP contribution in [0, 0.1) is 13.8 Å². The van der Waals surface area contributed by atoms with E-state index in [-0.39, 0.29) is 13.3 Å². The Bertz CT molecular complexity index is 561. The Morgan fingerprint density at radius 1 is 1.16 bits per heavy atom. The second kappa shape index (κ2) is 11.4. The van der Waals surface area contributed by atoms with Gasteiger partial charge in [0.2, 0.25) is 5.91 Å². The summed E-state index contributed by atoms with van der Waals surface area (Å²) in [6.07, 6.45) is 1.16. The molecule has 1 saturated heterocycles. The Morgan fingerprint density at radius 2 is 1.76 bits per heavy atom. The number of piperazine rings is 1. The lowest BCUT2D eigenvalue weighted by Gasteiger charge is -2.32. The van der Waals surface area contributed by atoms with Crippen molar-refractivity contribution in [3.05, 3.63) is 22.5 Å². The molecule has 1 aliphatic heterocycles. The zero-order chi connectivity index (χ0) is 18.1. The number of hydrogen-bond donors (Lipinski definition) is 1. The smallest absolute Gasteiger partial charge is 0.293 e. The predicted octanol–water partition coefficient (Wildman–Crippen LogP) is 1.58. The molecule has 1 fully saturated rings. The first kappa shape index (κ1) is 22.9. The highest BCUT2D eigenvalue weighted by molar-refractivity contribution is 5.81. The molecule has 142 valence electrons. The van der Waals surface area contributed by atoms with Crippen molar-refractivity contribution in [2.24, 2.45) is 0 Å². The number of aldehydes is 1. The molecule has 1 aromatic heterocycles. The van der Waals surface area contributed by atoms with Crippen molar-refractivity contribution in [1.82, 2.24) is 14.8 Å². The lowest BCUT2D eigenvalue weighted by atomic mass is 10.1. The maximum Gasteiger partial charge on any atom is 0.293 e. The van der Waals surface area contributed by atoms with E-state index in [1.165, 1.54) is 0 Å². The number of ether oxygens (including phenoxy) is 1. The third kappa shape index (κ3) is 6.70. The SMILES string of the molecule is C.CCOC=O.Cc1c(C=O)[nH]c(CC(=O)N2CCN(C)CC2)c1C. The highest BCUT2D eigenvalue weighted by Gasteiger charge is 2.21. The molecule has 0 unspecified atom stereocenters. The molecule has 7 nitrogen and oxygen atoms in total. The largest absolute Gasteiger partial charge is 0.468 e. The van der Waals surface area contributed by atoms with Crippen LogP contribution in [0.4, 0.5) is 0 Å². The number of hydrogen-bond acceptors (Lipinski definition) is 5. The Morgan fingerprint density at radius 3 is 2.16 bits per heavy atom. The number of nitrogens with one attached hydrogen (secondary N) is 1. The van der Waals surface area contributed by atoms with Crippen molar-refractivity contribution in [3.8, 4) is 0 Å². The van der Waals surface area contributed by atoms with Crippen LogP contribution in [0.25, 0.3) is 0 Å². The Balaban J connectivity index is 0.000000848. The molecule has 1 aliphatic rings. The minimum atomic E-state index is 0. The molecule has 0 bridgehead atoms. The van der Waals surface area contributed by atoms with Gasteiger partial charge >= 0.3 is 0 Å². The highest BCUT2D eigenvalue weighted by atomic mass is 16.5.